The highest BCUT2D eigenvalue weighted by atomic mass is 16.1. The van der Waals surface area contributed by atoms with Gasteiger partial charge in [-0.3, -0.25) is 9.78 Å². The molecule has 19 heavy (non-hydrogen) atoms. The van der Waals surface area contributed by atoms with Crippen LogP contribution in [0.5, 0.6) is 0 Å². The Labute approximate surface area is 110 Å². The van der Waals surface area contributed by atoms with Crippen molar-refractivity contribution in [2.75, 3.05) is 5.32 Å². The van der Waals surface area contributed by atoms with Crippen LogP contribution >= 0.6 is 0 Å². The standard InChI is InChI=1S/C14H12N4O/c15-8-10-5-6-17-13(7-10)14(19)18-12-4-2-1-3-11(12)9-16/h1-7H,8,15H2,(H,18,19). The fourth-order valence-corrected chi connectivity index (χ4v) is 1.60. The third-order valence-corrected chi connectivity index (χ3v) is 2.59. The van der Waals surface area contributed by atoms with Gasteiger partial charge in [0.2, 0.25) is 0 Å². The summed E-state index contributed by atoms with van der Waals surface area (Å²) >= 11 is 0. The number of nitriles is 1. The number of nitrogens with two attached hydrogens (primary N) is 1. The first-order chi connectivity index (χ1) is 9.24. The lowest BCUT2D eigenvalue weighted by Gasteiger charge is -2.06. The molecule has 1 amide bonds. The Balaban J connectivity index is 2.23. The maximum absolute atomic E-state index is 12.0. The molecule has 0 aliphatic carbocycles. The molecular weight excluding hydrogens is 240 g/mol. The summed E-state index contributed by atoms with van der Waals surface area (Å²) in [5.41, 5.74) is 7.49. The molecule has 0 unspecified atom stereocenters. The molecule has 0 radical (unpaired) electrons. The number of rotatable bonds is 3. The van der Waals surface area contributed by atoms with Crippen LogP contribution in [0.2, 0.25) is 0 Å². The Bertz CT molecular complexity index is 646. The minimum absolute atomic E-state index is 0.274. The molecule has 0 aliphatic heterocycles. The number of nitrogens with zero attached hydrogens (tertiary/aromatic N) is 2. The van der Waals surface area contributed by atoms with Crippen molar-refractivity contribution in [2.45, 2.75) is 6.54 Å². The Hall–Kier alpha value is -2.71. The molecule has 0 aliphatic rings. The lowest BCUT2D eigenvalue weighted by molar-refractivity contribution is 0.102. The summed E-state index contributed by atoms with van der Waals surface area (Å²) < 4.78 is 0. The Morgan fingerprint density at radius 2 is 2.16 bits per heavy atom. The fraction of sp³-hybridized carbons (Fsp3) is 0.0714. The van der Waals surface area contributed by atoms with Crippen molar-refractivity contribution in [1.82, 2.24) is 4.98 Å². The zero-order chi connectivity index (χ0) is 13.7. The van der Waals surface area contributed by atoms with E-state index in [2.05, 4.69) is 10.3 Å². The monoisotopic (exact) mass is 252 g/mol. The summed E-state index contributed by atoms with van der Waals surface area (Å²) in [4.78, 5) is 16.0. The molecule has 2 aromatic rings. The Morgan fingerprint density at radius 3 is 2.89 bits per heavy atom. The van der Waals surface area contributed by atoms with Crippen LogP contribution in [0.1, 0.15) is 21.6 Å². The number of carbonyl (C=O) groups excluding carboxylic acids is 1. The second-order valence-electron chi connectivity index (χ2n) is 3.86. The number of nitrogens with one attached hydrogen (secondary N) is 1. The molecule has 0 spiro atoms. The second-order valence-corrected chi connectivity index (χ2v) is 3.86. The van der Waals surface area contributed by atoms with Gasteiger partial charge in [0.1, 0.15) is 11.8 Å². The van der Waals surface area contributed by atoms with E-state index in [1.54, 1.807) is 36.4 Å². The van der Waals surface area contributed by atoms with Crippen molar-refractivity contribution in [3.63, 3.8) is 0 Å². The van der Waals surface area contributed by atoms with E-state index in [4.69, 9.17) is 11.0 Å². The highest BCUT2D eigenvalue weighted by Crippen LogP contribution is 2.14. The van der Waals surface area contributed by atoms with Gasteiger partial charge in [-0.05, 0) is 29.8 Å². The van der Waals surface area contributed by atoms with E-state index < -0.39 is 0 Å². The number of carbonyl (C=O) groups is 1. The largest absolute Gasteiger partial charge is 0.326 e. The van der Waals surface area contributed by atoms with Gasteiger partial charge in [-0.25, -0.2) is 0 Å². The summed E-state index contributed by atoms with van der Waals surface area (Å²) in [7, 11) is 0. The molecule has 2 rings (SSSR count). The van der Waals surface area contributed by atoms with Crippen LogP contribution in [-0.2, 0) is 6.54 Å². The van der Waals surface area contributed by atoms with Crippen molar-refractivity contribution in [3.8, 4) is 6.07 Å². The third kappa shape index (κ3) is 2.94. The zero-order valence-electron chi connectivity index (χ0n) is 10.1. The zero-order valence-corrected chi connectivity index (χ0v) is 10.1. The summed E-state index contributed by atoms with van der Waals surface area (Å²) in [6.07, 6.45) is 1.54. The van der Waals surface area contributed by atoms with E-state index >= 15 is 0 Å². The third-order valence-electron chi connectivity index (χ3n) is 2.59. The topological polar surface area (TPSA) is 91.8 Å². The van der Waals surface area contributed by atoms with Crippen molar-refractivity contribution < 1.29 is 4.79 Å². The van der Waals surface area contributed by atoms with Crippen LogP contribution < -0.4 is 11.1 Å². The van der Waals surface area contributed by atoms with Gasteiger partial charge in [-0.2, -0.15) is 5.26 Å². The molecular formula is C14H12N4O. The summed E-state index contributed by atoms with van der Waals surface area (Å²) in [5.74, 6) is -0.363. The molecule has 0 atom stereocenters. The molecule has 94 valence electrons. The maximum Gasteiger partial charge on any atom is 0.274 e. The molecule has 1 heterocycles. The van der Waals surface area contributed by atoms with Gasteiger partial charge >= 0.3 is 0 Å². The number of anilines is 1. The number of hydrogen-bond donors (Lipinski definition) is 2. The minimum atomic E-state index is -0.363. The number of pyridine rings is 1. The van der Waals surface area contributed by atoms with Crippen LogP contribution in [-0.4, -0.2) is 10.9 Å². The fourth-order valence-electron chi connectivity index (χ4n) is 1.60. The molecule has 0 bridgehead atoms. The predicted molar refractivity (Wildman–Crippen MR) is 71.2 cm³/mol. The number of amides is 1. The highest BCUT2D eigenvalue weighted by Gasteiger charge is 2.10. The van der Waals surface area contributed by atoms with E-state index in [1.807, 2.05) is 6.07 Å². The van der Waals surface area contributed by atoms with Crippen molar-refractivity contribution in [1.29, 1.82) is 5.26 Å². The van der Waals surface area contributed by atoms with E-state index in [0.717, 1.165) is 5.56 Å². The predicted octanol–water partition coefficient (Wildman–Crippen LogP) is 1.66. The SMILES string of the molecule is N#Cc1ccccc1NC(=O)c1cc(CN)ccn1. The van der Waals surface area contributed by atoms with Crippen molar-refractivity contribution in [3.05, 3.63) is 59.4 Å². The first-order valence-corrected chi connectivity index (χ1v) is 5.70. The summed E-state index contributed by atoms with van der Waals surface area (Å²) in [6.45, 7) is 0.345. The normalized spacial score (nSPS) is 9.68. The van der Waals surface area contributed by atoms with E-state index in [-0.39, 0.29) is 11.6 Å². The quantitative estimate of drug-likeness (QED) is 0.869. The van der Waals surface area contributed by atoms with Crippen LogP contribution in [0.15, 0.2) is 42.6 Å². The molecule has 5 nitrogen and oxygen atoms in total. The van der Waals surface area contributed by atoms with Crippen molar-refractivity contribution in [2.24, 2.45) is 5.73 Å². The van der Waals surface area contributed by atoms with Gasteiger partial charge < -0.3 is 11.1 Å². The first-order valence-electron chi connectivity index (χ1n) is 5.70. The van der Waals surface area contributed by atoms with E-state index in [9.17, 15) is 4.79 Å². The van der Waals surface area contributed by atoms with Gasteiger partial charge in [0.25, 0.3) is 5.91 Å². The van der Waals surface area contributed by atoms with Gasteiger partial charge in [0, 0.05) is 12.7 Å². The summed E-state index contributed by atoms with van der Waals surface area (Å²) in [6, 6.07) is 12.2. The van der Waals surface area contributed by atoms with Crippen LogP contribution in [0.3, 0.4) is 0 Å². The molecule has 0 saturated carbocycles. The lowest BCUT2D eigenvalue weighted by atomic mass is 10.2. The number of benzene rings is 1. The second kappa shape index (κ2) is 5.76. The average molecular weight is 252 g/mol. The maximum atomic E-state index is 12.0. The van der Waals surface area contributed by atoms with E-state index in [0.29, 0.717) is 17.8 Å². The first kappa shape index (κ1) is 12.7. The highest BCUT2D eigenvalue weighted by molar-refractivity contribution is 6.03. The minimum Gasteiger partial charge on any atom is -0.326 e. The number of hydrogen-bond acceptors (Lipinski definition) is 4. The van der Waals surface area contributed by atoms with Crippen LogP contribution in [0.4, 0.5) is 5.69 Å². The molecule has 0 fully saturated rings. The van der Waals surface area contributed by atoms with Crippen LogP contribution in [0.25, 0.3) is 0 Å². The smallest absolute Gasteiger partial charge is 0.274 e. The lowest BCUT2D eigenvalue weighted by Crippen LogP contribution is -2.15. The van der Waals surface area contributed by atoms with Crippen molar-refractivity contribution >= 4 is 11.6 Å². The Kier molecular flexibility index (Phi) is 3.86. The van der Waals surface area contributed by atoms with Gasteiger partial charge in [-0.15, -0.1) is 0 Å². The summed E-state index contributed by atoms with van der Waals surface area (Å²) in [5, 5.41) is 11.6. The Morgan fingerprint density at radius 1 is 1.37 bits per heavy atom. The van der Waals surface area contributed by atoms with Gasteiger partial charge in [0.15, 0.2) is 0 Å². The van der Waals surface area contributed by atoms with Gasteiger partial charge in [-0.1, -0.05) is 12.1 Å². The molecule has 0 saturated heterocycles. The average Bonchev–Trinajstić information content (AvgIpc) is 2.47. The number of aromatic nitrogens is 1. The van der Waals surface area contributed by atoms with E-state index in [1.165, 1.54) is 6.20 Å². The van der Waals surface area contributed by atoms with Crippen LogP contribution in [0, 0.1) is 11.3 Å². The van der Waals surface area contributed by atoms with Gasteiger partial charge in [0.05, 0.1) is 11.3 Å². The molecule has 1 aromatic heterocycles. The molecule has 1 aromatic carbocycles. The molecule has 5 heteroatoms. The molecule has 3 N–H and O–H groups in total. The number of para-hydroxylation sites is 1.